The molecule has 0 aromatic heterocycles. The van der Waals surface area contributed by atoms with Gasteiger partial charge in [-0.3, -0.25) is 9.69 Å². The lowest BCUT2D eigenvalue weighted by Gasteiger charge is -2.21. The lowest BCUT2D eigenvalue weighted by atomic mass is 10.1. The van der Waals surface area contributed by atoms with Crippen LogP contribution in [-0.4, -0.2) is 60.1 Å². The Morgan fingerprint density at radius 3 is 2.60 bits per heavy atom. The van der Waals surface area contributed by atoms with E-state index >= 15 is 0 Å². The van der Waals surface area contributed by atoms with Gasteiger partial charge in [0.1, 0.15) is 0 Å². The van der Waals surface area contributed by atoms with Crippen LogP contribution >= 0.6 is 0 Å². The molecule has 5 nitrogen and oxygen atoms in total. The van der Waals surface area contributed by atoms with E-state index in [1.807, 2.05) is 29.2 Å². The number of nitrogens with zero attached hydrogens (tertiary/aromatic N) is 2. The van der Waals surface area contributed by atoms with Gasteiger partial charge in [0.2, 0.25) is 5.91 Å². The molecule has 0 spiro atoms. The zero-order valence-electron chi connectivity index (χ0n) is 11.8. The van der Waals surface area contributed by atoms with Crippen LogP contribution in [0.5, 0.6) is 0 Å². The largest absolute Gasteiger partial charge is 0.399 e. The summed E-state index contributed by atoms with van der Waals surface area (Å²) in [6, 6.07) is 7.47. The number of aliphatic hydroxyl groups is 1. The topological polar surface area (TPSA) is 69.8 Å². The number of nitrogens with two attached hydrogens (primary N) is 1. The molecule has 0 radical (unpaired) electrons. The van der Waals surface area contributed by atoms with E-state index in [4.69, 9.17) is 10.8 Å². The Labute approximate surface area is 120 Å². The molecule has 20 heavy (non-hydrogen) atoms. The minimum atomic E-state index is 0.167. The van der Waals surface area contributed by atoms with Crippen LogP contribution in [0.15, 0.2) is 24.3 Å². The van der Waals surface area contributed by atoms with Crippen molar-refractivity contribution >= 4 is 11.6 Å². The third kappa shape index (κ3) is 4.21. The van der Waals surface area contributed by atoms with Gasteiger partial charge in [-0.25, -0.2) is 0 Å². The average molecular weight is 277 g/mol. The number of carbonyl (C=O) groups excluding carboxylic acids is 1. The summed E-state index contributed by atoms with van der Waals surface area (Å²) in [5, 5.41) is 8.97. The van der Waals surface area contributed by atoms with Crippen molar-refractivity contribution in [3.8, 4) is 0 Å². The fourth-order valence-electron chi connectivity index (χ4n) is 2.51. The van der Waals surface area contributed by atoms with Gasteiger partial charge in [0.15, 0.2) is 0 Å². The minimum absolute atomic E-state index is 0.167. The zero-order chi connectivity index (χ0) is 14.4. The SMILES string of the molecule is Nc1ccc(CC(=O)N2CCCN(CCO)CC2)cc1. The maximum atomic E-state index is 12.3. The van der Waals surface area contributed by atoms with Gasteiger partial charge in [-0.2, -0.15) is 0 Å². The highest BCUT2D eigenvalue weighted by atomic mass is 16.3. The molecule has 1 aliphatic heterocycles. The molecule has 1 amide bonds. The average Bonchev–Trinajstić information content (AvgIpc) is 2.67. The van der Waals surface area contributed by atoms with Crippen molar-refractivity contribution in [2.75, 3.05) is 45.1 Å². The normalized spacial score (nSPS) is 16.9. The molecular weight excluding hydrogens is 254 g/mol. The maximum Gasteiger partial charge on any atom is 0.227 e. The second-order valence-corrected chi connectivity index (χ2v) is 5.22. The molecule has 0 saturated carbocycles. The lowest BCUT2D eigenvalue weighted by Crippen LogP contribution is -2.36. The predicted octanol–water partition coefficient (Wildman–Crippen LogP) is 0.338. The molecule has 0 bridgehead atoms. The monoisotopic (exact) mass is 277 g/mol. The van der Waals surface area contributed by atoms with E-state index in [0.29, 0.717) is 13.0 Å². The number of carbonyl (C=O) groups is 1. The van der Waals surface area contributed by atoms with Crippen LogP contribution in [-0.2, 0) is 11.2 Å². The van der Waals surface area contributed by atoms with Crippen LogP contribution in [0.25, 0.3) is 0 Å². The van der Waals surface area contributed by atoms with Gasteiger partial charge in [-0.1, -0.05) is 12.1 Å². The van der Waals surface area contributed by atoms with E-state index in [2.05, 4.69) is 4.90 Å². The Balaban J connectivity index is 1.87. The highest BCUT2D eigenvalue weighted by Gasteiger charge is 2.18. The van der Waals surface area contributed by atoms with Crippen LogP contribution in [0.2, 0.25) is 0 Å². The molecule has 5 heteroatoms. The van der Waals surface area contributed by atoms with Crippen LogP contribution in [0.1, 0.15) is 12.0 Å². The maximum absolute atomic E-state index is 12.3. The Morgan fingerprint density at radius 2 is 1.90 bits per heavy atom. The van der Waals surface area contributed by atoms with Crippen LogP contribution in [0.3, 0.4) is 0 Å². The molecule has 1 fully saturated rings. The van der Waals surface area contributed by atoms with Crippen molar-refractivity contribution in [2.45, 2.75) is 12.8 Å². The Hall–Kier alpha value is -1.59. The van der Waals surface area contributed by atoms with E-state index in [1.54, 1.807) is 0 Å². The highest BCUT2D eigenvalue weighted by molar-refractivity contribution is 5.78. The number of aliphatic hydroxyl groups excluding tert-OH is 1. The molecule has 0 aliphatic carbocycles. The second kappa shape index (κ2) is 7.26. The summed E-state index contributed by atoms with van der Waals surface area (Å²) in [6.07, 6.45) is 1.40. The number of benzene rings is 1. The van der Waals surface area contributed by atoms with E-state index in [0.717, 1.165) is 43.9 Å². The summed E-state index contributed by atoms with van der Waals surface area (Å²) < 4.78 is 0. The second-order valence-electron chi connectivity index (χ2n) is 5.22. The number of rotatable bonds is 4. The van der Waals surface area contributed by atoms with Gasteiger partial charge in [-0.05, 0) is 30.7 Å². The van der Waals surface area contributed by atoms with E-state index in [-0.39, 0.29) is 12.5 Å². The van der Waals surface area contributed by atoms with Crippen molar-refractivity contribution in [2.24, 2.45) is 0 Å². The molecule has 1 heterocycles. The van der Waals surface area contributed by atoms with E-state index in [1.165, 1.54) is 0 Å². The third-order valence-electron chi connectivity index (χ3n) is 3.69. The van der Waals surface area contributed by atoms with Crippen molar-refractivity contribution in [3.63, 3.8) is 0 Å². The van der Waals surface area contributed by atoms with Crippen molar-refractivity contribution < 1.29 is 9.90 Å². The van der Waals surface area contributed by atoms with Crippen LogP contribution in [0, 0.1) is 0 Å². The molecule has 1 aromatic carbocycles. The quantitative estimate of drug-likeness (QED) is 0.779. The molecule has 110 valence electrons. The number of β-amino-alcohol motifs (C(OH)–C–C–N with tert-alkyl or cyclic N) is 1. The van der Waals surface area contributed by atoms with E-state index < -0.39 is 0 Å². The zero-order valence-corrected chi connectivity index (χ0v) is 11.8. The Morgan fingerprint density at radius 1 is 1.15 bits per heavy atom. The molecule has 1 aromatic rings. The van der Waals surface area contributed by atoms with Gasteiger partial charge in [0, 0.05) is 31.9 Å². The molecule has 1 aliphatic rings. The standard InChI is InChI=1S/C15H23N3O2/c16-14-4-2-13(3-5-14)12-15(20)18-7-1-6-17(8-9-18)10-11-19/h2-5,19H,1,6-12,16H2. The number of hydrogen-bond acceptors (Lipinski definition) is 4. The summed E-state index contributed by atoms with van der Waals surface area (Å²) in [6.45, 7) is 4.21. The lowest BCUT2D eigenvalue weighted by molar-refractivity contribution is -0.130. The van der Waals surface area contributed by atoms with E-state index in [9.17, 15) is 4.79 Å². The summed E-state index contributed by atoms with van der Waals surface area (Å²) in [4.78, 5) is 16.4. The summed E-state index contributed by atoms with van der Waals surface area (Å²) >= 11 is 0. The number of anilines is 1. The fourth-order valence-corrected chi connectivity index (χ4v) is 2.51. The fraction of sp³-hybridized carbons (Fsp3) is 0.533. The first kappa shape index (κ1) is 14.8. The third-order valence-corrected chi connectivity index (χ3v) is 3.69. The van der Waals surface area contributed by atoms with Gasteiger partial charge in [0.25, 0.3) is 0 Å². The van der Waals surface area contributed by atoms with Gasteiger partial charge in [-0.15, -0.1) is 0 Å². The summed E-state index contributed by atoms with van der Waals surface area (Å²) in [5.74, 6) is 0.167. The number of nitrogen functional groups attached to an aromatic ring is 1. The smallest absolute Gasteiger partial charge is 0.227 e. The summed E-state index contributed by atoms with van der Waals surface area (Å²) in [7, 11) is 0. The number of amides is 1. The van der Waals surface area contributed by atoms with Crippen LogP contribution < -0.4 is 5.73 Å². The summed E-state index contributed by atoms with van der Waals surface area (Å²) in [5.41, 5.74) is 7.36. The van der Waals surface area contributed by atoms with Crippen LogP contribution in [0.4, 0.5) is 5.69 Å². The molecule has 0 atom stereocenters. The minimum Gasteiger partial charge on any atom is -0.399 e. The first-order valence-electron chi connectivity index (χ1n) is 7.14. The van der Waals surface area contributed by atoms with Crippen molar-refractivity contribution in [3.05, 3.63) is 29.8 Å². The van der Waals surface area contributed by atoms with Gasteiger partial charge >= 0.3 is 0 Å². The Bertz CT molecular complexity index is 433. The molecule has 3 N–H and O–H groups in total. The van der Waals surface area contributed by atoms with Crippen molar-refractivity contribution in [1.82, 2.24) is 9.80 Å². The molecule has 1 saturated heterocycles. The van der Waals surface area contributed by atoms with Gasteiger partial charge in [0.05, 0.1) is 13.0 Å². The first-order chi connectivity index (χ1) is 9.69. The molecule has 2 rings (SSSR count). The first-order valence-corrected chi connectivity index (χ1v) is 7.14. The highest BCUT2D eigenvalue weighted by Crippen LogP contribution is 2.09. The van der Waals surface area contributed by atoms with Gasteiger partial charge < -0.3 is 15.7 Å². The van der Waals surface area contributed by atoms with Crippen molar-refractivity contribution in [1.29, 1.82) is 0 Å². The molecule has 0 unspecified atom stereocenters. The predicted molar refractivity (Wildman–Crippen MR) is 79.3 cm³/mol. The number of hydrogen-bond donors (Lipinski definition) is 2. The molecular formula is C15H23N3O2. The Kier molecular flexibility index (Phi) is 5.38.